The van der Waals surface area contributed by atoms with Crippen LogP contribution in [0.1, 0.15) is 21.5 Å². The van der Waals surface area contributed by atoms with E-state index in [-0.39, 0.29) is 17.1 Å². The Bertz CT molecular complexity index is 1460. The summed E-state index contributed by atoms with van der Waals surface area (Å²) in [5.74, 6) is -0.0255. The molecule has 0 unspecified atom stereocenters. The van der Waals surface area contributed by atoms with Gasteiger partial charge in [0.05, 0.1) is 18.9 Å². The fourth-order valence-corrected chi connectivity index (χ4v) is 4.70. The number of nitrogens with zero attached hydrogens (tertiary/aromatic N) is 3. The molecule has 0 saturated carbocycles. The number of hydrogen-bond donors (Lipinski definition) is 2. The number of rotatable bonds is 7. The van der Waals surface area contributed by atoms with E-state index in [1.807, 2.05) is 54.6 Å². The monoisotopic (exact) mass is 512 g/mol. The summed E-state index contributed by atoms with van der Waals surface area (Å²) >= 11 is 0. The van der Waals surface area contributed by atoms with Gasteiger partial charge in [-0.15, -0.1) is 0 Å². The third-order valence-electron chi connectivity index (χ3n) is 6.75. The van der Waals surface area contributed by atoms with Crippen LogP contribution in [0.5, 0.6) is 11.5 Å². The van der Waals surface area contributed by atoms with Crippen LogP contribution in [0, 0.1) is 5.82 Å². The lowest BCUT2D eigenvalue weighted by Gasteiger charge is -2.36. The summed E-state index contributed by atoms with van der Waals surface area (Å²) < 4.78 is 18.8. The Morgan fingerprint density at radius 2 is 1.71 bits per heavy atom. The van der Waals surface area contributed by atoms with E-state index in [0.717, 1.165) is 59.5 Å². The molecule has 5 rings (SSSR count). The molecule has 0 bridgehead atoms. The molecule has 38 heavy (non-hydrogen) atoms. The van der Waals surface area contributed by atoms with Crippen LogP contribution >= 0.6 is 0 Å². The molecule has 1 saturated heterocycles. The summed E-state index contributed by atoms with van der Waals surface area (Å²) in [7, 11) is 1.65. The second-order valence-electron chi connectivity index (χ2n) is 9.23. The predicted molar refractivity (Wildman–Crippen MR) is 148 cm³/mol. The number of hydrazone groups is 1. The highest BCUT2D eigenvalue weighted by Gasteiger charge is 2.19. The van der Waals surface area contributed by atoms with Crippen molar-refractivity contribution in [2.24, 2.45) is 5.10 Å². The quantitative estimate of drug-likeness (QED) is 0.275. The van der Waals surface area contributed by atoms with E-state index in [1.165, 1.54) is 12.1 Å². The van der Waals surface area contributed by atoms with Gasteiger partial charge in [-0.3, -0.25) is 9.69 Å². The van der Waals surface area contributed by atoms with Gasteiger partial charge in [-0.2, -0.15) is 5.10 Å². The maximum absolute atomic E-state index is 13.2. The molecule has 0 aliphatic carbocycles. The van der Waals surface area contributed by atoms with E-state index >= 15 is 0 Å². The van der Waals surface area contributed by atoms with Crippen LogP contribution in [0.25, 0.3) is 10.8 Å². The standard InChI is InChI=1S/C30H29FN4O3/c1-38-29-11-6-21(19-32-33-30(37)27-17-22-4-2-3-5-23(22)18-28(27)36)16-24(29)20-34-12-14-35(15-13-34)26-9-7-25(31)8-10-26/h2-11,16-19,36H,12-15,20H2,1H3,(H,33,37)/b32-19-. The topological polar surface area (TPSA) is 77.4 Å². The molecule has 0 radical (unpaired) electrons. The molecule has 0 spiro atoms. The fraction of sp³-hybridized carbons (Fsp3) is 0.200. The van der Waals surface area contributed by atoms with Crippen molar-refractivity contribution in [1.82, 2.24) is 10.3 Å². The van der Waals surface area contributed by atoms with Crippen molar-refractivity contribution < 1.29 is 19.0 Å². The number of phenolic OH excluding ortho intramolecular Hbond substituents is 1. The lowest BCUT2D eigenvalue weighted by molar-refractivity contribution is 0.0952. The van der Waals surface area contributed by atoms with Crippen molar-refractivity contribution in [2.75, 3.05) is 38.2 Å². The SMILES string of the molecule is COc1ccc(/C=N\NC(=O)c2cc3ccccc3cc2O)cc1CN1CCN(c2ccc(F)cc2)CC1. The molecule has 1 aliphatic rings. The van der Waals surface area contributed by atoms with Gasteiger partial charge in [0.2, 0.25) is 0 Å². The first-order valence-corrected chi connectivity index (χ1v) is 12.4. The van der Waals surface area contributed by atoms with Crippen LogP contribution < -0.4 is 15.1 Å². The van der Waals surface area contributed by atoms with Crippen LogP contribution in [-0.4, -0.2) is 55.4 Å². The Kier molecular flexibility index (Phi) is 7.51. The number of hydrogen-bond acceptors (Lipinski definition) is 6. The molecule has 1 heterocycles. The Morgan fingerprint density at radius 3 is 2.42 bits per heavy atom. The molecule has 194 valence electrons. The van der Waals surface area contributed by atoms with Crippen LogP contribution in [0.3, 0.4) is 0 Å². The smallest absolute Gasteiger partial charge is 0.275 e. The first kappa shape index (κ1) is 25.2. The molecule has 4 aromatic rings. The molecular weight excluding hydrogens is 483 g/mol. The highest BCUT2D eigenvalue weighted by molar-refractivity contribution is 6.01. The Hall–Kier alpha value is -4.43. The average molecular weight is 513 g/mol. The van der Waals surface area contributed by atoms with E-state index in [0.29, 0.717) is 6.54 Å². The van der Waals surface area contributed by atoms with Gasteiger partial charge in [0, 0.05) is 44.0 Å². The lowest BCUT2D eigenvalue weighted by atomic mass is 10.1. The highest BCUT2D eigenvalue weighted by Crippen LogP contribution is 2.25. The zero-order valence-electron chi connectivity index (χ0n) is 21.1. The van der Waals surface area contributed by atoms with Crippen molar-refractivity contribution in [3.8, 4) is 11.5 Å². The summed E-state index contributed by atoms with van der Waals surface area (Å²) in [6.45, 7) is 4.14. The van der Waals surface area contributed by atoms with Gasteiger partial charge < -0.3 is 14.7 Å². The van der Waals surface area contributed by atoms with E-state index < -0.39 is 5.91 Å². The zero-order chi connectivity index (χ0) is 26.5. The molecular formula is C30H29FN4O3. The lowest BCUT2D eigenvalue weighted by Crippen LogP contribution is -2.46. The van der Waals surface area contributed by atoms with Crippen LogP contribution in [0.2, 0.25) is 0 Å². The maximum Gasteiger partial charge on any atom is 0.275 e. The van der Waals surface area contributed by atoms with Crippen LogP contribution in [0.15, 0.2) is 84.0 Å². The summed E-state index contributed by atoms with van der Waals surface area (Å²) in [5.41, 5.74) is 5.53. The van der Waals surface area contributed by atoms with Crippen molar-refractivity contribution >= 4 is 28.6 Å². The number of amides is 1. The van der Waals surface area contributed by atoms with E-state index in [1.54, 1.807) is 25.5 Å². The van der Waals surface area contributed by atoms with Gasteiger partial charge in [0.1, 0.15) is 17.3 Å². The minimum atomic E-state index is -0.489. The Morgan fingerprint density at radius 1 is 1.00 bits per heavy atom. The predicted octanol–water partition coefficient (Wildman–Crippen LogP) is 4.78. The van der Waals surface area contributed by atoms with Crippen molar-refractivity contribution in [1.29, 1.82) is 0 Å². The number of nitrogens with one attached hydrogen (secondary N) is 1. The first-order chi connectivity index (χ1) is 18.5. The molecule has 0 atom stereocenters. The number of benzene rings is 4. The third-order valence-corrected chi connectivity index (χ3v) is 6.75. The van der Waals surface area contributed by atoms with E-state index in [4.69, 9.17) is 4.74 Å². The summed E-state index contributed by atoms with van der Waals surface area (Å²) in [6.07, 6.45) is 1.57. The van der Waals surface area contributed by atoms with Crippen molar-refractivity contribution in [2.45, 2.75) is 6.54 Å². The number of anilines is 1. The average Bonchev–Trinajstić information content (AvgIpc) is 2.93. The number of aromatic hydroxyl groups is 1. The summed E-state index contributed by atoms with van der Waals surface area (Å²) in [5, 5.41) is 16.1. The highest BCUT2D eigenvalue weighted by atomic mass is 19.1. The first-order valence-electron chi connectivity index (χ1n) is 12.4. The second-order valence-corrected chi connectivity index (χ2v) is 9.23. The number of carbonyl (C=O) groups is 1. The van der Waals surface area contributed by atoms with Gasteiger partial charge in [0.25, 0.3) is 5.91 Å². The summed E-state index contributed by atoms with van der Waals surface area (Å²) in [4.78, 5) is 17.2. The molecule has 1 aliphatic heterocycles. The summed E-state index contributed by atoms with van der Waals surface area (Å²) in [6, 6.07) is 23.1. The molecule has 7 nitrogen and oxygen atoms in total. The third kappa shape index (κ3) is 5.76. The van der Waals surface area contributed by atoms with E-state index in [9.17, 15) is 14.3 Å². The maximum atomic E-state index is 13.2. The second kappa shape index (κ2) is 11.3. The number of methoxy groups -OCH3 is 1. The Labute approximate surface area is 220 Å². The minimum absolute atomic E-state index is 0.0948. The molecule has 1 fully saturated rings. The molecule has 1 amide bonds. The van der Waals surface area contributed by atoms with Gasteiger partial charge >= 0.3 is 0 Å². The van der Waals surface area contributed by atoms with Gasteiger partial charge in [-0.1, -0.05) is 24.3 Å². The van der Waals surface area contributed by atoms with Gasteiger partial charge in [-0.25, -0.2) is 9.82 Å². The minimum Gasteiger partial charge on any atom is -0.507 e. The number of piperazine rings is 1. The molecule has 8 heteroatoms. The van der Waals surface area contributed by atoms with Crippen LogP contribution in [0.4, 0.5) is 10.1 Å². The fourth-order valence-electron chi connectivity index (χ4n) is 4.70. The number of carbonyl (C=O) groups excluding carboxylic acids is 1. The number of phenols is 1. The number of ether oxygens (including phenoxy) is 1. The van der Waals surface area contributed by atoms with Crippen molar-refractivity contribution in [3.05, 3.63) is 101 Å². The normalized spacial score (nSPS) is 14.2. The van der Waals surface area contributed by atoms with E-state index in [2.05, 4.69) is 20.3 Å². The Balaban J connectivity index is 1.22. The van der Waals surface area contributed by atoms with Crippen molar-refractivity contribution in [3.63, 3.8) is 0 Å². The van der Waals surface area contributed by atoms with Gasteiger partial charge in [-0.05, 0) is 70.9 Å². The number of halogens is 1. The zero-order valence-corrected chi connectivity index (χ0v) is 21.1. The molecule has 4 aromatic carbocycles. The molecule has 0 aromatic heterocycles. The molecule has 2 N–H and O–H groups in total. The largest absolute Gasteiger partial charge is 0.507 e. The van der Waals surface area contributed by atoms with Crippen LogP contribution in [-0.2, 0) is 6.54 Å². The van der Waals surface area contributed by atoms with Gasteiger partial charge in [0.15, 0.2) is 0 Å². The number of fused-ring (bicyclic) bond motifs is 1.